The third kappa shape index (κ3) is 3.42. The van der Waals surface area contributed by atoms with Gasteiger partial charge in [-0.15, -0.1) is 0 Å². The van der Waals surface area contributed by atoms with Crippen LogP contribution in [0.3, 0.4) is 0 Å². The van der Waals surface area contributed by atoms with E-state index >= 15 is 0 Å². The first-order valence-electron chi connectivity index (χ1n) is 6.38. The van der Waals surface area contributed by atoms with Gasteiger partial charge in [0.15, 0.2) is 0 Å². The number of hydrogen-bond acceptors (Lipinski definition) is 2. The first kappa shape index (κ1) is 13.8. The highest BCUT2D eigenvalue weighted by molar-refractivity contribution is 7.99. The van der Waals surface area contributed by atoms with E-state index < -0.39 is 0 Å². The summed E-state index contributed by atoms with van der Waals surface area (Å²) in [6, 6.07) is 7.42. The van der Waals surface area contributed by atoms with Gasteiger partial charge in [-0.1, -0.05) is 31.0 Å². The maximum Gasteiger partial charge on any atom is 0.251 e. The second-order valence-electron chi connectivity index (χ2n) is 4.51. The Morgan fingerprint density at radius 3 is 3.06 bits per heavy atom. The molecule has 0 bridgehead atoms. The molecule has 1 aromatic carbocycles. The van der Waals surface area contributed by atoms with E-state index in [2.05, 4.69) is 12.2 Å². The first-order valence-corrected chi connectivity index (χ1v) is 7.81. The third-order valence-corrected chi connectivity index (χ3v) is 4.80. The second kappa shape index (κ2) is 6.48. The van der Waals surface area contributed by atoms with Crippen molar-refractivity contribution >= 4 is 29.3 Å². The summed E-state index contributed by atoms with van der Waals surface area (Å²) < 4.78 is 0. The van der Waals surface area contributed by atoms with Crippen LogP contribution >= 0.6 is 23.4 Å². The van der Waals surface area contributed by atoms with Gasteiger partial charge in [-0.2, -0.15) is 11.8 Å². The highest BCUT2D eigenvalue weighted by Crippen LogP contribution is 2.30. The van der Waals surface area contributed by atoms with Crippen LogP contribution in [0.25, 0.3) is 0 Å². The lowest BCUT2D eigenvalue weighted by atomic mass is 10.2. The van der Waals surface area contributed by atoms with Gasteiger partial charge in [-0.25, -0.2) is 0 Å². The van der Waals surface area contributed by atoms with Gasteiger partial charge >= 0.3 is 0 Å². The molecule has 2 atom stereocenters. The van der Waals surface area contributed by atoms with E-state index in [9.17, 15) is 4.79 Å². The number of rotatable bonds is 4. The van der Waals surface area contributed by atoms with Gasteiger partial charge in [0, 0.05) is 21.9 Å². The molecule has 0 unspecified atom stereocenters. The third-order valence-electron chi connectivity index (χ3n) is 3.24. The smallest absolute Gasteiger partial charge is 0.251 e. The van der Waals surface area contributed by atoms with Gasteiger partial charge < -0.3 is 5.32 Å². The molecule has 0 aromatic heterocycles. The highest BCUT2D eigenvalue weighted by atomic mass is 35.5. The number of carbonyl (C=O) groups is 1. The molecular formula is C14H18ClNOS. The lowest BCUT2D eigenvalue weighted by molar-refractivity contribution is 0.0938. The standard InChI is InChI=1S/C14H18ClNOS/c1-2-18-13-8-4-7-12(13)16-14(17)10-5-3-6-11(15)9-10/h3,5-6,9,12-13H,2,4,7-8H2,1H3,(H,16,17)/t12-,13+/m0/s1. The summed E-state index contributed by atoms with van der Waals surface area (Å²) in [5.74, 6) is 1.10. The van der Waals surface area contributed by atoms with Gasteiger partial charge in [0.2, 0.25) is 0 Å². The van der Waals surface area contributed by atoms with E-state index in [1.54, 1.807) is 18.2 Å². The van der Waals surface area contributed by atoms with E-state index in [1.165, 1.54) is 12.8 Å². The fourth-order valence-electron chi connectivity index (χ4n) is 2.39. The van der Waals surface area contributed by atoms with Gasteiger partial charge in [0.05, 0.1) is 0 Å². The van der Waals surface area contributed by atoms with Crippen molar-refractivity contribution in [1.82, 2.24) is 5.32 Å². The van der Waals surface area contributed by atoms with Crippen molar-refractivity contribution in [2.24, 2.45) is 0 Å². The van der Waals surface area contributed by atoms with Gasteiger partial charge in [0.1, 0.15) is 0 Å². The van der Waals surface area contributed by atoms with Crippen LogP contribution in [0.2, 0.25) is 5.02 Å². The summed E-state index contributed by atoms with van der Waals surface area (Å²) in [6.07, 6.45) is 3.50. The van der Waals surface area contributed by atoms with E-state index in [1.807, 2.05) is 17.8 Å². The molecule has 1 aliphatic carbocycles. The number of nitrogens with one attached hydrogen (secondary N) is 1. The number of carbonyl (C=O) groups excluding carboxylic acids is 1. The predicted molar refractivity (Wildman–Crippen MR) is 78.5 cm³/mol. The lowest BCUT2D eigenvalue weighted by Gasteiger charge is -2.20. The molecule has 1 fully saturated rings. The predicted octanol–water partition coefficient (Wildman–Crippen LogP) is 3.74. The lowest BCUT2D eigenvalue weighted by Crippen LogP contribution is -2.38. The van der Waals surface area contributed by atoms with Crippen molar-refractivity contribution in [2.75, 3.05) is 5.75 Å². The van der Waals surface area contributed by atoms with Gasteiger partial charge in [-0.3, -0.25) is 4.79 Å². The Kier molecular flexibility index (Phi) is 4.95. The van der Waals surface area contributed by atoms with Crippen LogP contribution in [0.4, 0.5) is 0 Å². The van der Waals surface area contributed by atoms with Gasteiger partial charge in [-0.05, 0) is 36.8 Å². The Bertz CT molecular complexity index is 424. The summed E-state index contributed by atoms with van der Waals surface area (Å²) in [5, 5.41) is 4.31. The summed E-state index contributed by atoms with van der Waals surface area (Å²) in [7, 11) is 0. The molecule has 1 aromatic rings. The molecule has 1 N–H and O–H groups in total. The average Bonchev–Trinajstić information content (AvgIpc) is 2.77. The Hall–Kier alpha value is -0.670. The van der Waals surface area contributed by atoms with Crippen LogP contribution in [-0.2, 0) is 0 Å². The van der Waals surface area contributed by atoms with Crippen LogP contribution < -0.4 is 5.32 Å². The van der Waals surface area contributed by atoms with E-state index in [0.717, 1.165) is 12.2 Å². The summed E-state index contributed by atoms with van der Waals surface area (Å²) in [5.41, 5.74) is 0.648. The van der Waals surface area contributed by atoms with Crippen LogP contribution in [0, 0.1) is 0 Å². The number of thioether (sulfide) groups is 1. The fourth-order valence-corrected chi connectivity index (χ4v) is 3.77. The SMILES string of the molecule is CCS[C@@H]1CCC[C@@H]1NC(=O)c1cccc(Cl)c1. The van der Waals surface area contributed by atoms with E-state index in [4.69, 9.17) is 11.6 Å². The topological polar surface area (TPSA) is 29.1 Å². The molecule has 2 rings (SSSR count). The van der Waals surface area contributed by atoms with Crippen LogP contribution in [0.5, 0.6) is 0 Å². The number of hydrogen-bond donors (Lipinski definition) is 1. The molecule has 1 saturated carbocycles. The van der Waals surface area contributed by atoms with Gasteiger partial charge in [0.25, 0.3) is 5.91 Å². The minimum Gasteiger partial charge on any atom is -0.348 e. The van der Waals surface area contributed by atoms with Crippen molar-refractivity contribution in [3.05, 3.63) is 34.9 Å². The maximum atomic E-state index is 12.1. The monoisotopic (exact) mass is 283 g/mol. The van der Waals surface area contributed by atoms with Crippen molar-refractivity contribution in [3.63, 3.8) is 0 Å². The summed E-state index contributed by atoms with van der Waals surface area (Å²) in [4.78, 5) is 12.1. The Morgan fingerprint density at radius 2 is 2.33 bits per heavy atom. The number of benzene rings is 1. The molecule has 4 heteroatoms. The molecule has 0 saturated heterocycles. The molecule has 0 spiro atoms. The Labute approximate surface area is 117 Å². The molecule has 0 radical (unpaired) electrons. The fraction of sp³-hybridized carbons (Fsp3) is 0.500. The van der Waals surface area contributed by atoms with Crippen molar-refractivity contribution in [3.8, 4) is 0 Å². The molecule has 1 amide bonds. The highest BCUT2D eigenvalue weighted by Gasteiger charge is 2.28. The second-order valence-corrected chi connectivity index (χ2v) is 6.47. The number of halogens is 1. The van der Waals surface area contributed by atoms with E-state index in [0.29, 0.717) is 21.9 Å². The largest absolute Gasteiger partial charge is 0.348 e. The van der Waals surface area contributed by atoms with Crippen LogP contribution in [-0.4, -0.2) is 23.0 Å². The molecule has 1 aliphatic rings. The molecule has 2 nitrogen and oxygen atoms in total. The Balaban J connectivity index is 1.98. The zero-order valence-electron chi connectivity index (χ0n) is 10.5. The minimum absolute atomic E-state index is 0.00824. The number of amides is 1. The molecule has 98 valence electrons. The quantitative estimate of drug-likeness (QED) is 0.912. The maximum absolute atomic E-state index is 12.1. The van der Waals surface area contributed by atoms with Crippen molar-refractivity contribution in [2.45, 2.75) is 37.5 Å². The zero-order valence-corrected chi connectivity index (χ0v) is 12.1. The van der Waals surface area contributed by atoms with Crippen molar-refractivity contribution < 1.29 is 4.79 Å². The summed E-state index contributed by atoms with van der Waals surface area (Å²) >= 11 is 7.85. The van der Waals surface area contributed by atoms with Crippen LogP contribution in [0.1, 0.15) is 36.5 Å². The van der Waals surface area contributed by atoms with Crippen molar-refractivity contribution in [1.29, 1.82) is 0 Å². The molecule has 18 heavy (non-hydrogen) atoms. The Morgan fingerprint density at radius 1 is 1.50 bits per heavy atom. The van der Waals surface area contributed by atoms with E-state index in [-0.39, 0.29) is 5.91 Å². The minimum atomic E-state index is -0.00824. The van der Waals surface area contributed by atoms with Crippen LogP contribution in [0.15, 0.2) is 24.3 Å². The normalized spacial score (nSPS) is 23.0. The first-order chi connectivity index (χ1) is 8.70. The summed E-state index contributed by atoms with van der Waals surface area (Å²) in [6.45, 7) is 2.17. The molecule has 0 aliphatic heterocycles. The average molecular weight is 284 g/mol. The molecule has 0 heterocycles. The molecular weight excluding hydrogens is 266 g/mol. The zero-order chi connectivity index (χ0) is 13.0.